The van der Waals surface area contributed by atoms with Gasteiger partial charge < -0.3 is 20.4 Å². The van der Waals surface area contributed by atoms with Crippen LogP contribution in [0.2, 0.25) is 0 Å². The van der Waals surface area contributed by atoms with Crippen LogP contribution in [0.15, 0.2) is 39.9 Å². The largest absolute Gasteiger partial charge is 0.459 e. The predicted molar refractivity (Wildman–Crippen MR) is 115 cm³/mol. The van der Waals surface area contributed by atoms with Gasteiger partial charge in [-0.05, 0) is 43.5 Å². The van der Waals surface area contributed by atoms with Gasteiger partial charge in [0.15, 0.2) is 11.7 Å². The van der Waals surface area contributed by atoms with E-state index in [-0.39, 0.29) is 35.7 Å². The molecule has 0 atom stereocenters. The Morgan fingerprint density at radius 1 is 1.11 bits per heavy atom. The predicted octanol–water partition coefficient (Wildman–Crippen LogP) is 3.14. The maximum absolute atomic E-state index is 13.3. The Labute approximate surface area is 176 Å². The van der Waals surface area contributed by atoms with E-state index in [1.807, 2.05) is 13.0 Å². The summed E-state index contributed by atoms with van der Waals surface area (Å²) >= 11 is 0. The van der Waals surface area contributed by atoms with Gasteiger partial charge >= 0.3 is 0 Å². The normalized spacial score (nSPS) is 10.9. The number of hydrogen-bond acceptors (Lipinski definition) is 3. The molecule has 1 amide bonds. The first-order chi connectivity index (χ1) is 12.5. The summed E-state index contributed by atoms with van der Waals surface area (Å²) in [7, 11) is 1.69. The fourth-order valence-corrected chi connectivity index (χ4v) is 2.41. The maximum atomic E-state index is 13.3. The van der Waals surface area contributed by atoms with Gasteiger partial charge in [-0.25, -0.2) is 4.39 Å². The molecule has 2 aromatic rings. The number of carbonyl (C=O) groups is 1. The van der Waals surface area contributed by atoms with Gasteiger partial charge in [0.2, 0.25) is 0 Å². The molecule has 0 radical (unpaired) electrons. The lowest BCUT2D eigenvalue weighted by atomic mass is 10.1. The minimum Gasteiger partial charge on any atom is -0.459 e. The van der Waals surface area contributed by atoms with Gasteiger partial charge in [-0.2, -0.15) is 0 Å². The lowest BCUT2D eigenvalue weighted by Gasteiger charge is -2.12. The van der Waals surface area contributed by atoms with Crippen molar-refractivity contribution in [1.29, 1.82) is 0 Å². The van der Waals surface area contributed by atoms with Crippen LogP contribution >= 0.6 is 24.0 Å². The summed E-state index contributed by atoms with van der Waals surface area (Å²) in [6.45, 7) is 5.30. The third kappa shape index (κ3) is 7.20. The summed E-state index contributed by atoms with van der Waals surface area (Å²) in [6, 6.07) is 6.78. The van der Waals surface area contributed by atoms with Crippen LogP contribution in [-0.4, -0.2) is 32.0 Å². The van der Waals surface area contributed by atoms with Crippen molar-refractivity contribution in [3.8, 4) is 0 Å². The summed E-state index contributed by atoms with van der Waals surface area (Å²) in [6.07, 6.45) is 2.24. The highest BCUT2D eigenvalue weighted by atomic mass is 127. The molecule has 148 valence electrons. The van der Waals surface area contributed by atoms with Crippen molar-refractivity contribution in [2.75, 3.05) is 20.1 Å². The molecule has 1 aromatic carbocycles. The number of amides is 1. The van der Waals surface area contributed by atoms with E-state index in [4.69, 9.17) is 4.42 Å². The Bertz CT molecular complexity index is 777. The molecule has 0 spiro atoms. The number of aryl methyl sites for hydroxylation is 2. The van der Waals surface area contributed by atoms with Crippen molar-refractivity contribution >= 4 is 35.8 Å². The van der Waals surface area contributed by atoms with Crippen LogP contribution in [-0.2, 0) is 6.54 Å². The number of aliphatic imine (C=N–C) groups is 1. The summed E-state index contributed by atoms with van der Waals surface area (Å²) in [5.74, 6) is 0.593. The van der Waals surface area contributed by atoms with Crippen LogP contribution in [0.3, 0.4) is 0 Å². The first-order valence-corrected chi connectivity index (χ1v) is 8.53. The number of guanidine groups is 1. The Morgan fingerprint density at radius 3 is 2.48 bits per heavy atom. The monoisotopic (exact) mass is 488 g/mol. The first-order valence-electron chi connectivity index (χ1n) is 8.53. The lowest BCUT2D eigenvalue weighted by Crippen LogP contribution is -2.38. The second-order valence-electron chi connectivity index (χ2n) is 5.98. The van der Waals surface area contributed by atoms with Crippen LogP contribution in [0.4, 0.5) is 4.39 Å². The van der Waals surface area contributed by atoms with Crippen LogP contribution in [0, 0.1) is 19.7 Å². The van der Waals surface area contributed by atoms with Gasteiger partial charge in [0.25, 0.3) is 5.91 Å². The highest BCUT2D eigenvalue weighted by Crippen LogP contribution is 2.09. The van der Waals surface area contributed by atoms with Gasteiger partial charge in [0.1, 0.15) is 5.82 Å². The Kier molecular flexibility index (Phi) is 9.84. The first kappa shape index (κ1) is 22.9. The van der Waals surface area contributed by atoms with Gasteiger partial charge in [-0.15, -0.1) is 24.0 Å². The molecule has 0 saturated heterocycles. The molecule has 0 unspecified atom stereocenters. The van der Waals surface area contributed by atoms with E-state index in [0.717, 1.165) is 17.5 Å². The molecule has 0 aliphatic rings. The molecular weight excluding hydrogens is 462 g/mol. The average molecular weight is 488 g/mol. The zero-order chi connectivity index (χ0) is 18.9. The second kappa shape index (κ2) is 11.6. The van der Waals surface area contributed by atoms with E-state index >= 15 is 0 Å². The maximum Gasteiger partial charge on any atom is 0.287 e. The zero-order valence-electron chi connectivity index (χ0n) is 15.8. The zero-order valence-corrected chi connectivity index (χ0v) is 18.1. The van der Waals surface area contributed by atoms with E-state index in [9.17, 15) is 9.18 Å². The highest BCUT2D eigenvalue weighted by molar-refractivity contribution is 14.0. The average Bonchev–Trinajstić information content (AvgIpc) is 3.06. The van der Waals surface area contributed by atoms with Gasteiger partial charge in [0, 0.05) is 32.2 Å². The third-order valence-electron chi connectivity index (χ3n) is 3.91. The Balaban J connectivity index is 0.00000364. The molecule has 1 heterocycles. The molecule has 2 rings (SSSR count). The molecular formula is C19H26FIN4O2. The van der Waals surface area contributed by atoms with Crippen LogP contribution in [0.25, 0.3) is 0 Å². The Hall–Kier alpha value is -2.10. The summed E-state index contributed by atoms with van der Waals surface area (Å²) in [5, 5.41) is 9.17. The second-order valence-corrected chi connectivity index (χ2v) is 5.98. The Morgan fingerprint density at radius 2 is 1.85 bits per heavy atom. The van der Waals surface area contributed by atoms with E-state index in [2.05, 4.69) is 20.9 Å². The fourth-order valence-electron chi connectivity index (χ4n) is 2.41. The number of rotatable bonds is 7. The fraction of sp³-hybridized carbons (Fsp3) is 0.368. The summed E-state index contributed by atoms with van der Waals surface area (Å²) in [5.41, 5.74) is 2.42. The number of furan rings is 1. The van der Waals surface area contributed by atoms with Crippen LogP contribution < -0.4 is 16.0 Å². The number of nitrogens with one attached hydrogen (secondary N) is 3. The van der Waals surface area contributed by atoms with Gasteiger partial charge in [0.05, 0.1) is 6.26 Å². The van der Waals surface area contributed by atoms with Crippen molar-refractivity contribution in [3.63, 3.8) is 0 Å². The standard InChI is InChI=1S/C19H25FN4O2.HI/c1-13-7-10-26-17(13)18(25)22-8-4-9-23-19(21-3)24-12-15-5-6-16(20)14(2)11-15;/h5-7,10-11H,4,8-9,12H2,1-3H3,(H,22,25)(H2,21,23,24);1H. The van der Waals surface area contributed by atoms with Crippen molar-refractivity contribution in [1.82, 2.24) is 16.0 Å². The molecule has 8 heteroatoms. The number of benzene rings is 1. The highest BCUT2D eigenvalue weighted by Gasteiger charge is 2.11. The van der Waals surface area contributed by atoms with Crippen molar-refractivity contribution in [3.05, 3.63) is 58.8 Å². The molecule has 1 aromatic heterocycles. The molecule has 27 heavy (non-hydrogen) atoms. The molecule has 0 saturated carbocycles. The quantitative estimate of drug-likeness (QED) is 0.242. The summed E-state index contributed by atoms with van der Waals surface area (Å²) < 4.78 is 18.4. The molecule has 0 bridgehead atoms. The number of halogens is 2. The van der Waals surface area contributed by atoms with Crippen molar-refractivity contribution < 1.29 is 13.6 Å². The van der Waals surface area contributed by atoms with E-state index in [1.54, 1.807) is 26.1 Å². The number of hydrogen-bond donors (Lipinski definition) is 3. The van der Waals surface area contributed by atoms with Gasteiger partial charge in [-0.3, -0.25) is 9.79 Å². The number of nitrogens with zero attached hydrogens (tertiary/aromatic N) is 1. The summed E-state index contributed by atoms with van der Waals surface area (Å²) in [4.78, 5) is 16.0. The van der Waals surface area contributed by atoms with Crippen LogP contribution in [0.5, 0.6) is 0 Å². The molecule has 0 fully saturated rings. The minimum atomic E-state index is -0.207. The molecule has 6 nitrogen and oxygen atoms in total. The number of carbonyl (C=O) groups excluding carboxylic acids is 1. The van der Waals surface area contributed by atoms with E-state index in [0.29, 0.717) is 36.9 Å². The SMILES string of the molecule is CN=C(NCCCNC(=O)c1occc1C)NCc1ccc(F)c(C)c1.I. The van der Waals surface area contributed by atoms with Crippen LogP contribution in [0.1, 0.15) is 33.7 Å². The van der Waals surface area contributed by atoms with Gasteiger partial charge in [-0.1, -0.05) is 12.1 Å². The smallest absolute Gasteiger partial charge is 0.287 e. The van der Waals surface area contributed by atoms with Crippen molar-refractivity contribution in [2.45, 2.75) is 26.8 Å². The molecule has 0 aliphatic carbocycles. The molecule has 0 aliphatic heterocycles. The topological polar surface area (TPSA) is 78.7 Å². The lowest BCUT2D eigenvalue weighted by molar-refractivity contribution is 0.0925. The van der Waals surface area contributed by atoms with Crippen molar-refractivity contribution in [2.24, 2.45) is 4.99 Å². The third-order valence-corrected chi connectivity index (χ3v) is 3.91. The van der Waals surface area contributed by atoms with E-state index < -0.39 is 0 Å². The molecule has 3 N–H and O–H groups in total. The van der Waals surface area contributed by atoms with E-state index in [1.165, 1.54) is 12.3 Å². The minimum absolute atomic E-state index is 0.